The van der Waals surface area contributed by atoms with Crippen LogP contribution in [0.25, 0.3) is 11.1 Å². The van der Waals surface area contributed by atoms with Gasteiger partial charge in [-0.05, 0) is 135 Å². The van der Waals surface area contributed by atoms with Crippen LogP contribution in [0.5, 0.6) is 0 Å². The topological polar surface area (TPSA) is 46.5 Å². The number of ether oxygens (including phenoxy) is 1. The number of aryl methyl sites for hydroxylation is 1. The lowest BCUT2D eigenvalue weighted by Crippen LogP contribution is -2.23. The first-order chi connectivity index (χ1) is 21.1. The van der Waals surface area contributed by atoms with Crippen LogP contribution in [-0.4, -0.2) is 24.3 Å². The molecule has 0 spiro atoms. The van der Waals surface area contributed by atoms with E-state index in [-0.39, 0.29) is 12.6 Å². The fraction of sp³-hybridized carbons (Fsp3) is 0.625. The second-order valence-electron chi connectivity index (χ2n) is 13.4. The van der Waals surface area contributed by atoms with E-state index in [2.05, 4.69) is 67.6 Å². The summed E-state index contributed by atoms with van der Waals surface area (Å²) < 4.78 is 5.27. The predicted octanol–water partition coefficient (Wildman–Crippen LogP) is 10.5. The first-order valence-corrected chi connectivity index (χ1v) is 17.7. The third-order valence-corrected chi connectivity index (χ3v) is 10.4. The molecule has 3 heteroatoms. The number of hydrogen-bond donors (Lipinski definition) is 1. The quantitative estimate of drug-likeness (QED) is 0.121. The summed E-state index contributed by atoms with van der Waals surface area (Å²) >= 11 is 0. The number of carbonyl (C=O) groups is 1. The number of rotatable bonds is 16. The number of benzene rings is 2. The molecule has 1 atom stereocenters. The highest BCUT2D eigenvalue weighted by Crippen LogP contribution is 2.40. The zero-order valence-corrected chi connectivity index (χ0v) is 27.2. The van der Waals surface area contributed by atoms with E-state index in [1.165, 1.54) is 99.3 Å². The number of aliphatic hydroxyl groups is 1. The van der Waals surface area contributed by atoms with Gasteiger partial charge < -0.3 is 9.84 Å². The first kappa shape index (κ1) is 33.5. The maximum Gasteiger partial charge on any atom is 0.305 e. The Kier molecular flexibility index (Phi) is 14.4. The summed E-state index contributed by atoms with van der Waals surface area (Å²) in [7, 11) is 0. The van der Waals surface area contributed by atoms with Crippen LogP contribution in [-0.2, 0) is 16.0 Å². The van der Waals surface area contributed by atoms with E-state index in [1.54, 1.807) is 0 Å². The smallest absolute Gasteiger partial charge is 0.305 e. The van der Waals surface area contributed by atoms with Crippen molar-refractivity contribution in [1.29, 1.82) is 0 Å². The van der Waals surface area contributed by atoms with E-state index >= 15 is 0 Å². The molecule has 0 saturated heterocycles. The zero-order chi connectivity index (χ0) is 30.3. The molecular weight excluding hydrogens is 528 g/mol. The van der Waals surface area contributed by atoms with Gasteiger partial charge in [-0.25, -0.2) is 0 Å². The third kappa shape index (κ3) is 10.9. The molecule has 2 fully saturated rings. The monoisotopic (exact) mass is 586 g/mol. The minimum absolute atomic E-state index is 0.108. The fourth-order valence-electron chi connectivity index (χ4n) is 7.57. The van der Waals surface area contributed by atoms with E-state index in [0.717, 1.165) is 25.2 Å². The third-order valence-electron chi connectivity index (χ3n) is 10.4. The second-order valence-corrected chi connectivity index (χ2v) is 13.4. The lowest BCUT2D eigenvalue weighted by atomic mass is 9.73. The lowest BCUT2D eigenvalue weighted by Gasteiger charge is -2.33. The predicted molar refractivity (Wildman–Crippen MR) is 180 cm³/mol. The molecule has 3 nitrogen and oxygen atoms in total. The van der Waals surface area contributed by atoms with Crippen molar-refractivity contribution in [3.8, 4) is 11.1 Å². The zero-order valence-electron chi connectivity index (χ0n) is 27.2. The molecule has 236 valence electrons. The van der Waals surface area contributed by atoms with Crippen LogP contribution in [0.15, 0.2) is 60.7 Å². The molecule has 0 amide bonds. The molecular formula is C40H58O3. The van der Waals surface area contributed by atoms with E-state index in [9.17, 15) is 9.90 Å². The number of allylic oxidation sites excluding steroid dienone is 2. The van der Waals surface area contributed by atoms with Crippen LogP contribution in [0.3, 0.4) is 0 Å². The molecule has 4 rings (SSSR count). The normalized spacial score (nSPS) is 23.3. The highest BCUT2D eigenvalue weighted by molar-refractivity contribution is 5.68. The summed E-state index contributed by atoms with van der Waals surface area (Å²) in [6.07, 6.45) is 23.8. The molecule has 0 aromatic heterocycles. The van der Waals surface area contributed by atoms with Crippen molar-refractivity contribution in [2.24, 2.45) is 23.7 Å². The fourth-order valence-corrected chi connectivity index (χ4v) is 7.57. The Morgan fingerprint density at radius 1 is 0.791 bits per heavy atom. The van der Waals surface area contributed by atoms with Crippen molar-refractivity contribution in [2.45, 2.75) is 122 Å². The number of carbonyl (C=O) groups excluding carboxylic acids is 1. The summed E-state index contributed by atoms with van der Waals surface area (Å²) in [5.74, 6) is 3.30. The Labute approximate surface area is 262 Å². The molecule has 0 heterocycles. The van der Waals surface area contributed by atoms with Crippen LogP contribution in [0, 0.1) is 23.7 Å². The Bertz CT molecular complexity index is 1070. The van der Waals surface area contributed by atoms with Crippen LogP contribution in [0.1, 0.15) is 127 Å². The Morgan fingerprint density at radius 2 is 1.40 bits per heavy atom. The van der Waals surface area contributed by atoms with Crippen molar-refractivity contribution in [2.75, 3.05) is 13.2 Å². The molecule has 2 aliphatic rings. The van der Waals surface area contributed by atoms with Crippen LogP contribution in [0.4, 0.5) is 0 Å². The van der Waals surface area contributed by atoms with Crippen molar-refractivity contribution >= 4 is 5.97 Å². The molecule has 2 saturated carbocycles. The van der Waals surface area contributed by atoms with Gasteiger partial charge in [-0.1, -0.05) is 87.4 Å². The van der Waals surface area contributed by atoms with Crippen molar-refractivity contribution < 1.29 is 14.6 Å². The number of aliphatic hydroxyl groups excluding tert-OH is 1. The summed E-state index contributed by atoms with van der Waals surface area (Å²) in [6.45, 7) is 4.89. The van der Waals surface area contributed by atoms with Gasteiger partial charge in [0, 0.05) is 13.0 Å². The molecule has 1 N–H and O–H groups in total. The van der Waals surface area contributed by atoms with Gasteiger partial charge in [-0.3, -0.25) is 4.79 Å². The van der Waals surface area contributed by atoms with Gasteiger partial charge in [0.25, 0.3) is 0 Å². The lowest BCUT2D eigenvalue weighted by molar-refractivity contribution is -0.143. The minimum Gasteiger partial charge on any atom is -0.466 e. The van der Waals surface area contributed by atoms with Gasteiger partial charge in [0.1, 0.15) is 0 Å². The molecule has 0 bridgehead atoms. The van der Waals surface area contributed by atoms with Crippen molar-refractivity contribution in [1.82, 2.24) is 0 Å². The van der Waals surface area contributed by atoms with Gasteiger partial charge in [0.15, 0.2) is 0 Å². The van der Waals surface area contributed by atoms with Gasteiger partial charge >= 0.3 is 5.97 Å². The van der Waals surface area contributed by atoms with Gasteiger partial charge in [-0.2, -0.15) is 0 Å². The molecule has 0 radical (unpaired) electrons. The highest BCUT2D eigenvalue weighted by atomic mass is 16.5. The van der Waals surface area contributed by atoms with Crippen molar-refractivity contribution in [3.63, 3.8) is 0 Å². The van der Waals surface area contributed by atoms with E-state index < -0.39 is 0 Å². The van der Waals surface area contributed by atoms with E-state index in [1.807, 2.05) is 6.92 Å². The average Bonchev–Trinajstić information content (AvgIpc) is 3.06. The van der Waals surface area contributed by atoms with Crippen LogP contribution < -0.4 is 0 Å². The van der Waals surface area contributed by atoms with Gasteiger partial charge in [0.2, 0.25) is 0 Å². The summed E-state index contributed by atoms with van der Waals surface area (Å²) in [6, 6.07) is 18.6. The first-order valence-electron chi connectivity index (χ1n) is 17.7. The summed E-state index contributed by atoms with van der Waals surface area (Å²) in [5, 5.41) is 9.62. The molecule has 2 aromatic carbocycles. The van der Waals surface area contributed by atoms with Crippen molar-refractivity contribution in [3.05, 3.63) is 71.8 Å². The SMILES string of the molecule is CCCCCc1ccc(-c2ccc(C3CCC(/C=C/C4CCC(C(CCO)CCCOC(=O)CC)CC4)CC3)cc2)cc1. The van der Waals surface area contributed by atoms with E-state index in [0.29, 0.717) is 36.7 Å². The Morgan fingerprint density at radius 3 is 1.98 bits per heavy atom. The van der Waals surface area contributed by atoms with E-state index in [4.69, 9.17) is 4.74 Å². The molecule has 2 aliphatic carbocycles. The number of unbranched alkanes of at least 4 members (excludes halogenated alkanes) is 2. The number of esters is 1. The molecule has 43 heavy (non-hydrogen) atoms. The largest absolute Gasteiger partial charge is 0.466 e. The summed E-state index contributed by atoms with van der Waals surface area (Å²) in [5.41, 5.74) is 5.63. The van der Waals surface area contributed by atoms with Crippen LogP contribution >= 0.6 is 0 Å². The summed E-state index contributed by atoms with van der Waals surface area (Å²) in [4.78, 5) is 11.4. The van der Waals surface area contributed by atoms with Gasteiger partial charge in [0.05, 0.1) is 6.61 Å². The second kappa shape index (κ2) is 18.4. The maximum atomic E-state index is 11.4. The van der Waals surface area contributed by atoms with Gasteiger partial charge in [-0.15, -0.1) is 0 Å². The molecule has 2 aromatic rings. The highest BCUT2D eigenvalue weighted by Gasteiger charge is 2.27. The average molecular weight is 587 g/mol. The van der Waals surface area contributed by atoms with Crippen LogP contribution in [0.2, 0.25) is 0 Å². The number of hydrogen-bond acceptors (Lipinski definition) is 3. The standard InChI is InChI=1S/C40H58O3/c1-3-5-6-8-31-12-18-36(19-13-31)38-24-26-39(27-25-38)37-22-16-33(17-23-37)11-10-32-14-20-35(21-15-32)34(28-29-41)9-7-30-43-40(42)4-2/h10-13,18-19,24-27,32-35,37,41H,3-9,14-17,20-23,28-30H2,1-2H3/b11-10+. The maximum absolute atomic E-state index is 11.4. The Balaban J connectivity index is 1.16. The molecule has 1 unspecified atom stereocenters. The minimum atomic E-state index is -0.108. The Hall–Kier alpha value is -2.39. The molecule has 0 aliphatic heterocycles.